The van der Waals surface area contributed by atoms with Crippen LogP contribution in [0.4, 0.5) is 0 Å². The van der Waals surface area contributed by atoms with Gasteiger partial charge in [0.25, 0.3) is 0 Å². The highest BCUT2D eigenvalue weighted by atomic mass is 16.5. The highest BCUT2D eigenvalue weighted by Gasteiger charge is 2.05. The second kappa shape index (κ2) is 7.95. The molecule has 0 spiro atoms. The molecule has 0 saturated carbocycles. The molecule has 4 nitrogen and oxygen atoms in total. The molecule has 1 rings (SSSR count). The second-order valence-corrected chi connectivity index (χ2v) is 4.25. The van der Waals surface area contributed by atoms with Crippen LogP contribution in [-0.2, 0) is 11.2 Å². The second-order valence-electron chi connectivity index (χ2n) is 4.25. The molecular formula is C14H23NO3. The zero-order valence-corrected chi connectivity index (χ0v) is 11.7. The normalized spacial score (nSPS) is 12.2. The van der Waals surface area contributed by atoms with Gasteiger partial charge in [0.1, 0.15) is 0 Å². The van der Waals surface area contributed by atoms with Crippen LogP contribution in [0.3, 0.4) is 0 Å². The van der Waals surface area contributed by atoms with Gasteiger partial charge in [0.2, 0.25) is 0 Å². The summed E-state index contributed by atoms with van der Waals surface area (Å²) in [6, 6.07) is 6.38. The molecule has 0 aliphatic heterocycles. The van der Waals surface area contributed by atoms with Crippen LogP contribution in [0, 0.1) is 0 Å². The molecule has 0 saturated heterocycles. The standard InChI is InChI=1S/C14H23NO3/c1-11(10-16-2)15-8-7-12-5-6-13(17-3)14(9-12)18-4/h5-6,9,11,15H,7-8,10H2,1-4H3/t11-/m1/s1. The number of hydrogen-bond acceptors (Lipinski definition) is 4. The zero-order chi connectivity index (χ0) is 13.4. The number of benzene rings is 1. The summed E-state index contributed by atoms with van der Waals surface area (Å²) in [7, 11) is 5.01. The monoisotopic (exact) mass is 253 g/mol. The molecule has 4 heteroatoms. The molecule has 0 aliphatic rings. The third-order valence-electron chi connectivity index (χ3n) is 2.77. The van der Waals surface area contributed by atoms with E-state index in [0.29, 0.717) is 6.04 Å². The molecule has 102 valence electrons. The molecule has 0 amide bonds. The summed E-state index contributed by atoms with van der Waals surface area (Å²) in [5.41, 5.74) is 1.23. The predicted octanol–water partition coefficient (Wildman–Crippen LogP) is 1.87. The quantitative estimate of drug-likeness (QED) is 0.768. The minimum atomic E-state index is 0.371. The van der Waals surface area contributed by atoms with Crippen molar-refractivity contribution >= 4 is 0 Å². The molecule has 1 aromatic rings. The summed E-state index contributed by atoms with van der Waals surface area (Å²) in [5.74, 6) is 1.54. The van der Waals surface area contributed by atoms with E-state index in [1.807, 2.05) is 12.1 Å². The minimum absolute atomic E-state index is 0.371. The lowest BCUT2D eigenvalue weighted by atomic mass is 10.1. The van der Waals surface area contributed by atoms with Crippen LogP contribution in [0.15, 0.2) is 18.2 Å². The first-order valence-electron chi connectivity index (χ1n) is 6.14. The number of hydrogen-bond donors (Lipinski definition) is 1. The number of methoxy groups -OCH3 is 3. The molecule has 1 atom stereocenters. The molecular weight excluding hydrogens is 230 g/mol. The average molecular weight is 253 g/mol. The topological polar surface area (TPSA) is 39.7 Å². The maximum Gasteiger partial charge on any atom is 0.160 e. The van der Waals surface area contributed by atoms with Crippen molar-refractivity contribution in [3.8, 4) is 11.5 Å². The summed E-state index contributed by atoms with van der Waals surface area (Å²) in [5, 5.41) is 3.40. The van der Waals surface area contributed by atoms with E-state index in [1.165, 1.54) is 5.56 Å². The van der Waals surface area contributed by atoms with Crippen molar-refractivity contribution in [3.05, 3.63) is 23.8 Å². The molecule has 0 unspecified atom stereocenters. The van der Waals surface area contributed by atoms with E-state index in [1.54, 1.807) is 21.3 Å². The van der Waals surface area contributed by atoms with Crippen LogP contribution >= 0.6 is 0 Å². The van der Waals surface area contributed by atoms with Crippen molar-refractivity contribution in [2.75, 3.05) is 34.5 Å². The van der Waals surface area contributed by atoms with Gasteiger partial charge in [-0.05, 0) is 37.6 Å². The Morgan fingerprint density at radius 2 is 1.83 bits per heavy atom. The Morgan fingerprint density at radius 3 is 2.44 bits per heavy atom. The van der Waals surface area contributed by atoms with Gasteiger partial charge >= 0.3 is 0 Å². The minimum Gasteiger partial charge on any atom is -0.493 e. The van der Waals surface area contributed by atoms with Crippen molar-refractivity contribution in [1.29, 1.82) is 0 Å². The predicted molar refractivity (Wildman–Crippen MR) is 72.6 cm³/mol. The smallest absolute Gasteiger partial charge is 0.160 e. The van der Waals surface area contributed by atoms with Gasteiger partial charge in [0.15, 0.2) is 11.5 Å². The Morgan fingerprint density at radius 1 is 1.11 bits per heavy atom. The van der Waals surface area contributed by atoms with Crippen LogP contribution < -0.4 is 14.8 Å². The first-order chi connectivity index (χ1) is 8.71. The first-order valence-corrected chi connectivity index (χ1v) is 6.14. The zero-order valence-electron chi connectivity index (χ0n) is 11.7. The number of nitrogens with one attached hydrogen (secondary N) is 1. The van der Waals surface area contributed by atoms with Crippen molar-refractivity contribution < 1.29 is 14.2 Å². The fourth-order valence-electron chi connectivity index (χ4n) is 1.81. The SMILES string of the molecule is COC[C@@H](C)NCCc1ccc(OC)c(OC)c1. The van der Waals surface area contributed by atoms with Crippen LogP contribution in [0.25, 0.3) is 0 Å². The van der Waals surface area contributed by atoms with Gasteiger partial charge in [-0.15, -0.1) is 0 Å². The van der Waals surface area contributed by atoms with Crippen LogP contribution in [0.2, 0.25) is 0 Å². The van der Waals surface area contributed by atoms with Crippen LogP contribution in [-0.4, -0.2) is 40.5 Å². The van der Waals surface area contributed by atoms with Crippen LogP contribution in [0.1, 0.15) is 12.5 Å². The molecule has 0 bridgehead atoms. The largest absolute Gasteiger partial charge is 0.493 e. The number of ether oxygens (including phenoxy) is 3. The molecule has 0 aliphatic carbocycles. The highest BCUT2D eigenvalue weighted by Crippen LogP contribution is 2.27. The van der Waals surface area contributed by atoms with Gasteiger partial charge in [-0.25, -0.2) is 0 Å². The van der Waals surface area contributed by atoms with E-state index in [4.69, 9.17) is 14.2 Å². The van der Waals surface area contributed by atoms with Crippen molar-refractivity contribution in [2.45, 2.75) is 19.4 Å². The average Bonchev–Trinajstić information content (AvgIpc) is 2.38. The summed E-state index contributed by atoms with van der Waals surface area (Å²) < 4.78 is 15.6. The fourth-order valence-corrected chi connectivity index (χ4v) is 1.81. The molecule has 1 N–H and O–H groups in total. The van der Waals surface area contributed by atoms with Gasteiger partial charge < -0.3 is 19.5 Å². The first kappa shape index (κ1) is 14.8. The number of rotatable bonds is 8. The molecule has 18 heavy (non-hydrogen) atoms. The lowest BCUT2D eigenvalue weighted by Crippen LogP contribution is -2.31. The van der Waals surface area contributed by atoms with Gasteiger partial charge in [-0.2, -0.15) is 0 Å². The summed E-state index contributed by atoms with van der Waals surface area (Å²) in [6.45, 7) is 3.75. The lowest BCUT2D eigenvalue weighted by Gasteiger charge is -2.13. The van der Waals surface area contributed by atoms with Crippen molar-refractivity contribution in [2.24, 2.45) is 0 Å². The maximum absolute atomic E-state index is 5.28. The van der Waals surface area contributed by atoms with Gasteiger partial charge in [0.05, 0.1) is 20.8 Å². The summed E-state index contributed by atoms with van der Waals surface area (Å²) in [4.78, 5) is 0. The Hall–Kier alpha value is -1.26. The molecule has 0 aromatic heterocycles. The van der Waals surface area contributed by atoms with Crippen molar-refractivity contribution in [3.63, 3.8) is 0 Å². The van der Waals surface area contributed by atoms with Crippen LogP contribution in [0.5, 0.6) is 11.5 Å². The van der Waals surface area contributed by atoms with E-state index in [0.717, 1.165) is 31.1 Å². The molecule has 0 heterocycles. The Kier molecular flexibility index (Phi) is 6.54. The Labute approximate surface area is 109 Å². The molecule has 0 fully saturated rings. The Balaban J connectivity index is 2.47. The van der Waals surface area contributed by atoms with Gasteiger partial charge in [0, 0.05) is 13.2 Å². The lowest BCUT2D eigenvalue weighted by molar-refractivity contribution is 0.172. The Bertz CT molecular complexity index is 355. The third kappa shape index (κ3) is 4.55. The maximum atomic E-state index is 5.28. The summed E-state index contributed by atoms with van der Waals surface area (Å²) >= 11 is 0. The van der Waals surface area contributed by atoms with E-state index in [2.05, 4.69) is 18.3 Å². The van der Waals surface area contributed by atoms with E-state index < -0.39 is 0 Å². The van der Waals surface area contributed by atoms with Gasteiger partial charge in [-0.3, -0.25) is 0 Å². The fraction of sp³-hybridized carbons (Fsp3) is 0.571. The molecule has 0 radical (unpaired) electrons. The van der Waals surface area contributed by atoms with E-state index in [-0.39, 0.29) is 0 Å². The third-order valence-corrected chi connectivity index (χ3v) is 2.77. The van der Waals surface area contributed by atoms with E-state index >= 15 is 0 Å². The molecule has 1 aromatic carbocycles. The summed E-state index contributed by atoms with van der Waals surface area (Å²) in [6.07, 6.45) is 0.953. The van der Waals surface area contributed by atoms with Crippen molar-refractivity contribution in [1.82, 2.24) is 5.32 Å². The highest BCUT2D eigenvalue weighted by molar-refractivity contribution is 5.42. The van der Waals surface area contributed by atoms with Gasteiger partial charge in [-0.1, -0.05) is 6.07 Å². The van der Waals surface area contributed by atoms with E-state index in [9.17, 15) is 0 Å².